The van der Waals surface area contributed by atoms with E-state index in [0.717, 1.165) is 9.80 Å². The van der Waals surface area contributed by atoms with Crippen LogP contribution >= 0.6 is 11.8 Å². The number of esters is 1. The van der Waals surface area contributed by atoms with E-state index < -0.39 is 12.0 Å². The molecule has 3 nitrogen and oxygen atoms in total. The maximum absolute atomic E-state index is 11.1. The van der Waals surface area contributed by atoms with Gasteiger partial charge in [0.25, 0.3) is 0 Å². The van der Waals surface area contributed by atoms with E-state index in [1.807, 2.05) is 30.3 Å². The van der Waals surface area contributed by atoms with Crippen LogP contribution in [-0.4, -0.2) is 19.1 Å². The topological polar surface area (TPSA) is 52.3 Å². The quantitative estimate of drug-likeness (QED) is 0.630. The Labute approximate surface area is 99.7 Å². The van der Waals surface area contributed by atoms with Crippen LogP contribution in [0.2, 0.25) is 0 Å². The van der Waals surface area contributed by atoms with Gasteiger partial charge in [0.15, 0.2) is 0 Å². The molecule has 1 atom stereocenters. The van der Waals surface area contributed by atoms with Crippen LogP contribution in [0.5, 0.6) is 0 Å². The monoisotopic (exact) mass is 237 g/mol. The minimum atomic E-state index is -0.631. The van der Waals surface area contributed by atoms with Crippen LogP contribution in [0.15, 0.2) is 46.7 Å². The average molecular weight is 237 g/mol. The Bertz CT molecular complexity index is 365. The largest absolute Gasteiger partial charge is 0.468 e. The number of methoxy groups -OCH3 is 1. The zero-order valence-corrected chi connectivity index (χ0v) is 10.00. The second-order valence-electron chi connectivity index (χ2n) is 3.29. The van der Waals surface area contributed by atoms with Gasteiger partial charge in [0, 0.05) is 11.3 Å². The molecule has 0 fully saturated rings. The molecule has 0 radical (unpaired) electrons. The number of rotatable bonds is 5. The molecule has 0 aliphatic rings. The van der Waals surface area contributed by atoms with E-state index in [9.17, 15) is 4.79 Å². The standard InChI is InChI=1S/C12H15NO2S/c1-9(8-11(13)12(14)15-2)16-10-6-4-3-5-7-10/h3-7,11H,1,8,13H2,2H3/t11-/m0/s1. The van der Waals surface area contributed by atoms with Crippen LogP contribution in [0.4, 0.5) is 0 Å². The molecule has 16 heavy (non-hydrogen) atoms. The van der Waals surface area contributed by atoms with Crippen LogP contribution in [0.3, 0.4) is 0 Å². The molecule has 0 heterocycles. The molecular weight excluding hydrogens is 222 g/mol. The summed E-state index contributed by atoms with van der Waals surface area (Å²) in [4.78, 5) is 13.0. The van der Waals surface area contributed by atoms with Gasteiger partial charge in [0.2, 0.25) is 0 Å². The van der Waals surface area contributed by atoms with E-state index in [0.29, 0.717) is 6.42 Å². The minimum Gasteiger partial charge on any atom is -0.468 e. The van der Waals surface area contributed by atoms with Crippen molar-refractivity contribution >= 4 is 17.7 Å². The van der Waals surface area contributed by atoms with Crippen molar-refractivity contribution in [3.8, 4) is 0 Å². The van der Waals surface area contributed by atoms with Crippen molar-refractivity contribution in [1.29, 1.82) is 0 Å². The lowest BCUT2D eigenvalue weighted by atomic mass is 10.2. The van der Waals surface area contributed by atoms with Gasteiger partial charge in [-0.15, -0.1) is 0 Å². The van der Waals surface area contributed by atoms with Crippen molar-refractivity contribution in [3.05, 3.63) is 41.8 Å². The Balaban J connectivity index is 2.45. The molecule has 86 valence electrons. The van der Waals surface area contributed by atoms with Gasteiger partial charge < -0.3 is 10.5 Å². The molecule has 0 aliphatic carbocycles. The minimum absolute atomic E-state index is 0.408. The molecule has 0 saturated carbocycles. The summed E-state index contributed by atoms with van der Waals surface area (Å²) in [6.45, 7) is 3.88. The van der Waals surface area contributed by atoms with Crippen molar-refractivity contribution in [3.63, 3.8) is 0 Å². The number of thioether (sulfide) groups is 1. The molecule has 1 aromatic rings. The summed E-state index contributed by atoms with van der Waals surface area (Å²) in [5.41, 5.74) is 5.63. The van der Waals surface area contributed by atoms with Crippen LogP contribution in [0, 0.1) is 0 Å². The van der Waals surface area contributed by atoms with E-state index in [1.165, 1.54) is 18.9 Å². The van der Waals surface area contributed by atoms with Gasteiger partial charge in [-0.1, -0.05) is 36.5 Å². The molecule has 0 spiro atoms. The molecular formula is C12H15NO2S. The van der Waals surface area contributed by atoms with Crippen LogP contribution in [-0.2, 0) is 9.53 Å². The summed E-state index contributed by atoms with van der Waals surface area (Å²) in [6.07, 6.45) is 0.423. The summed E-state index contributed by atoms with van der Waals surface area (Å²) < 4.78 is 4.55. The zero-order chi connectivity index (χ0) is 12.0. The van der Waals surface area contributed by atoms with Gasteiger partial charge in [0.05, 0.1) is 7.11 Å². The maximum atomic E-state index is 11.1. The molecule has 0 aliphatic heterocycles. The highest BCUT2D eigenvalue weighted by atomic mass is 32.2. The predicted octanol–water partition coefficient (Wildman–Crippen LogP) is 2.18. The number of benzene rings is 1. The normalized spacial score (nSPS) is 11.9. The lowest BCUT2D eigenvalue weighted by molar-refractivity contribution is -0.142. The molecule has 1 rings (SSSR count). The van der Waals surface area contributed by atoms with Gasteiger partial charge in [-0.3, -0.25) is 4.79 Å². The predicted molar refractivity (Wildman–Crippen MR) is 66.0 cm³/mol. The Morgan fingerprint density at radius 2 is 2.12 bits per heavy atom. The third kappa shape index (κ3) is 4.08. The first-order valence-corrected chi connectivity index (χ1v) is 5.69. The molecule has 0 aromatic heterocycles. The van der Waals surface area contributed by atoms with Crippen molar-refractivity contribution < 1.29 is 9.53 Å². The molecule has 0 bridgehead atoms. The Morgan fingerprint density at radius 1 is 1.50 bits per heavy atom. The number of nitrogens with two attached hydrogens (primary N) is 1. The number of hydrogen-bond acceptors (Lipinski definition) is 4. The molecule has 0 unspecified atom stereocenters. The highest BCUT2D eigenvalue weighted by Crippen LogP contribution is 2.27. The maximum Gasteiger partial charge on any atom is 0.322 e. The molecule has 4 heteroatoms. The van der Waals surface area contributed by atoms with Gasteiger partial charge in [-0.2, -0.15) is 0 Å². The van der Waals surface area contributed by atoms with E-state index in [2.05, 4.69) is 11.3 Å². The van der Waals surface area contributed by atoms with E-state index in [1.54, 1.807) is 0 Å². The van der Waals surface area contributed by atoms with Crippen molar-refractivity contribution in [1.82, 2.24) is 0 Å². The first kappa shape index (κ1) is 12.8. The second-order valence-corrected chi connectivity index (χ2v) is 4.54. The molecule has 0 saturated heterocycles. The number of hydrogen-bond donors (Lipinski definition) is 1. The Kier molecular flexibility index (Phi) is 5.08. The Hall–Kier alpha value is -1.26. The average Bonchev–Trinajstić information content (AvgIpc) is 2.29. The molecule has 0 amide bonds. The van der Waals surface area contributed by atoms with Crippen molar-refractivity contribution in [2.45, 2.75) is 17.4 Å². The summed E-state index contributed by atoms with van der Waals surface area (Å²) >= 11 is 1.52. The van der Waals surface area contributed by atoms with Crippen LogP contribution in [0.1, 0.15) is 6.42 Å². The van der Waals surface area contributed by atoms with Gasteiger partial charge in [0.1, 0.15) is 6.04 Å². The lowest BCUT2D eigenvalue weighted by Gasteiger charge is -2.10. The number of carbonyl (C=O) groups excluding carboxylic acids is 1. The fraction of sp³-hybridized carbons (Fsp3) is 0.250. The number of ether oxygens (including phenoxy) is 1. The summed E-state index contributed by atoms with van der Waals surface area (Å²) in [5.74, 6) is -0.408. The van der Waals surface area contributed by atoms with Crippen molar-refractivity contribution in [2.75, 3.05) is 7.11 Å². The first-order chi connectivity index (χ1) is 7.63. The fourth-order valence-corrected chi connectivity index (χ4v) is 2.07. The first-order valence-electron chi connectivity index (χ1n) is 4.87. The summed E-state index contributed by atoms with van der Waals surface area (Å²) in [5, 5.41) is 0. The smallest absolute Gasteiger partial charge is 0.322 e. The zero-order valence-electron chi connectivity index (χ0n) is 9.18. The Morgan fingerprint density at radius 3 is 2.69 bits per heavy atom. The van der Waals surface area contributed by atoms with E-state index in [4.69, 9.17) is 5.73 Å². The van der Waals surface area contributed by atoms with Gasteiger partial charge in [-0.05, 0) is 17.0 Å². The van der Waals surface area contributed by atoms with Crippen molar-refractivity contribution in [2.24, 2.45) is 5.73 Å². The second kappa shape index (κ2) is 6.35. The SMILES string of the molecule is C=C(C[C@H](N)C(=O)OC)Sc1ccccc1. The van der Waals surface area contributed by atoms with Crippen LogP contribution < -0.4 is 5.73 Å². The molecule has 2 N–H and O–H groups in total. The highest BCUT2D eigenvalue weighted by Gasteiger charge is 2.15. The highest BCUT2D eigenvalue weighted by molar-refractivity contribution is 8.03. The molecule has 1 aromatic carbocycles. The lowest BCUT2D eigenvalue weighted by Crippen LogP contribution is -2.31. The van der Waals surface area contributed by atoms with Crippen LogP contribution in [0.25, 0.3) is 0 Å². The third-order valence-corrected chi connectivity index (χ3v) is 2.92. The van der Waals surface area contributed by atoms with Gasteiger partial charge in [-0.25, -0.2) is 0 Å². The fourth-order valence-electron chi connectivity index (χ4n) is 1.18. The van der Waals surface area contributed by atoms with Gasteiger partial charge >= 0.3 is 5.97 Å². The van der Waals surface area contributed by atoms with E-state index in [-0.39, 0.29) is 0 Å². The number of carbonyl (C=O) groups is 1. The summed E-state index contributed by atoms with van der Waals surface area (Å²) in [6, 6.07) is 9.20. The third-order valence-electron chi connectivity index (χ3n) is 1.96. The summed E-state index contributed by atoms with van der Waals surface area (Å²) in [7, 11) is 1.33. The van der Waals surface area contributed by atoms with E-state index >= 15 is 0 Å².